The van der Waals surface area contributed by atoms with Crippen LogP contribution in [0.2, 0.25) is 0 Å². The van der Waals surface area contributed by atoms with Crippen LogP contribution in [0.4, 0.5) is 0 Å². The summed E-state index contributed by atoms with van der Waals surface area (Å²) in [4.78, 5) is 11.9. The van der Waals surface area contributed by atoms with E-state index in [-0.39, 0.29) is 22.8 Å². The number of nitrogens with zero attached hydrogens (tertiary/aromatic N) is 1. The summed E-state index contributed by atoms with van der Waals surface area (Å²) in [6.45, 7) is 0. The Hall–Kier alpha value is -2.74. The second kappa shape index (κ2) is 7.01. The lowest BCUT2D eigenvalue weighted by molar-refractivity contribution is 0.0954. The maximum Gasteiger partial charge on any atom is 0.271 e. The van der Waals surface area contributed by atoms with E-state index in [2.05, 4.69) is 26.5 Å². The zero-order chi connectivity index (χ0) is 17.0. The summed E-state index contributed by atoms with van der Waals surface area (Å²) in [5, 5.41) is 32.2. The number of ether oxygens (including phenoxy) is 1. The molecule has 2 aromatic carbocycles. The second-order valence-corrected chi connectivity index (χ2v) is 5.34. The van der Waals surface area contributed by atoms with Gasteiger partial charge in [-0.25, -0.2) is 5.43 Å². The highest BCUT2D eigenvalue weighted by Crippen LogP contribution is 2.31. The number of nitrogens with one attached hydrogen (secondary N) is 1. The van der Waals surface area contributed by atoms with Crippen LogP contribution in [-0.4, -0.2) is 34.6 Å². The van der Waals surface area contributed by atoms with E-state index in [0.717, 1.165) is 6.07 Å². The number of hydrogen-bond donors (Lipinski definition) is 4. The minimum absolute atomic E-state index is 0.0521. The molecule has 0 spiro atoms. The highest BCUT2D eigenvalue weighted by atomic mass is 79.9. The number of aromatic hydroxyl groups is 3. The molecule has 0 saturated heterocycles. The Balaban J connectivity index is 2.12. The molecule has 0 heterocycles. The van der Waals surface area contributed by atoms with E-state index in [1.807, 2.05) is 0 Å². The van der Waals surface area contributed by atoms with Crippen LogP contribution in [0.25, 0.3) is 0 Å². The number of rotatable bonds is 4. The molecule has 0 aliphatic rings. The molecule has 2 aromatic rings. The number of amides is 1. The number of hydrogen-bond acceptors (Lipinski definition) is 6. The molecule has 0 aliphatic carbocycles. The Labute approximate surface area is 140 Å². The average molecular weight is 381 g/mol. The largest absolute Gasteiger partial charge is 0.508 e. The predicted octanol–water partition coefficient (Wildman–Crippen LogP) is 2.34. The number of hydrazone groups is 1. The smallest absolute Gasteiger partial charge is 0.271 e. The normalized spacial score (nSPS) is 10.7. The summed E-state index contributed by atoms with van der Waals surface area (Å²) >= 11 is 3.29. The quantitative estimate of drug-likeness (QED) is 0.480. The molecule has 0 bridgehead atoms. The van der Waals surface area contributed by atoms with Crippen LogP contribution in [0.3, 0.4) is 0 Å². The van der Waals surface area contributed by atoms with Gasteiger partial charge in [0, 0.05) is 21.7 Å². The van der Waals surface area contributed by atoms with E-state index < -0.39 is 5.91 Å². The van der Waals surface area contributed by atoms with Gasteiger partial charge in [0.15, 0.2) is 11.5 Å². The Morgan fingerprint density at radius 3 is 2.43 bits per heavy atom. The van der Waals surface area contributed by atoms with Crippen LogP contribution in [-0.2, 0) is 0 Å². The van der Waals surface area contributed by atoms with Crippen molar-refractivity contribution >= 4 is 28.1 Å². The van der Waals surface area contributed by atoms with E-state index in [0.29, 0.717) is 15.8 Å². The van der Waals surface area contributed by atoms with Gasteiger partial charge in [-0.05, 0) is 40.2 Å². The van der Waals surface area contributed by atoms with Crippen molar-refractivity contribution in [3.8, 4) is 23.0 Å². The molecule has 7 nitrogen and oxygen atoms in total. The molecule has 0 unspecified atom stereocenters. The van der Waals surface area contributed by atoms with Crippen molar-refractivity contribution in [2.75, 3.05) is 7.11 Å². The number of benzene rings is 2. The third-order valence-electron chi connectivity index (χ3n) is 2.83. The zero-order valence-electron chi connectivity index (χ0n) is 11.9. The van der Waals surface area contributed by atoms with Crippen LogP contribution < -0.4 is 10.2 Å². The highest BCUT2D eigenvalue weighted by Gasteiger charge is 2.09. The lowest BCUT2D eigenvalue weighted by Crippen LogP contribution is -2.17. The van der Waals surface area contributed by atoms with Crippen LogP contribution >= 0.6 is 15.9 Å². The SMILES string of the molecule is COc1cc(Br)c(/C=N/NC(=O)c2cc(O)cc(O)c2)cc1O. The fourth-order valence-corrected chi connectivity index (χ4v) is 2.20. The van der Waals surface area contributed by atoms with Crippen LogP contribution in [0.5, 0.6) is 23.0 Å². The maximum atomic E-state index is 11.9. The van der Waals surface area contributed by atoms with Gasteiger partial charge in [-0.2, -0.15) is 5.10 Å². The number of carbonyl (C=O) groups excluding carboxylic acids is 1. The number of phenolic OH excluding ortho intramolecular Hbond substituents is 3. The first kappa shape index (κ1) is 16.6. The molecule has 0 radical (unpaired) electrons. The number of phenols is 3. The van der Waals surface area contributed by atoms with Crippen molar-refractivity contribution in [2.24, 2.45) is 5.10 Å². The minimum atomic E-state index is -0.610. The third kappa shape index (κ3) is 4.13. The van der Waals surface area contributed by atoms with E-state index >= 15 is 0 Å². The molecule has 0 aliphatic heterocycles. The molecule has 0 fully saturated rings. The first-order valence-corrected chi connectivity index (χ1v) is 7.13. The van der Waals surface area contributed by atoms with Crippen molar-refractivity contribution in [2.45, 2.75) is 0 Å². The first-order valence-electron chi connectivity index (χ1n) is 6.33. The summed E-state index contributed by atoms with van der Waals surface area (Å²) in [6, 6.07) is 6.47. The lowest BCUT2D eigenvalue weighted by atomic mass is 10.2. The molecule has 0 atom stereocenters. The molecule has 23 heavy (non-hydrogen) atoms. The van der Waals surface area contributed by atoms with Gasteiger partial charge >= 0.3 is 0 Å². The van der Waals surface area contributed by atoms with Gasteiger partial charge in [0.1, 0.15) is 11.5 Å². The summed E-state index contributed by atoms with van der Waals surface area (Å²) in [7, 11) is 1.43. The van der Waals surface area contributed by atoms with Crippen LogP contribution in [0, 0.1) is 0 Å². The summed E-state index contributed by atoms with van der Waals surface area (Å²) < 4.78 is 5.57. The molecule has 0 aromatic heterocycles. The van der Waals surface area contributed by atoms with E-state index in [1.165, 1.54) is 31.5 Å². The predicted molar refractivity (Wildman–Crippen MR) is 87.2 cm³/mol. The second-order valence-electron chi connectivity index (χ2n) is 4.48. The van der Waals surface area contributed by atoms with Gasteiger partial charge in [-0.1, -0.05) is 0 Å². The van der Waals surface area contributed by atoms with Crippen LogP contribution in [0.15, 0.2) is 39.9 Å². The summed E-state index contributed by atoms with van der Waals surface area (Å²) in [5.74, 6) is -0.847. The van der Waals surface area contributed by atoms with Crippen molar-refractivity contribution in [3.63, 3.8) is 0 Å². The summed E-state index contributed by atoms with van der Waals surface area (Å²) in [6.07, 6.45) is 1.32. The van der Waals surface area contributed by atoms with E-state index in [1.54, 1.807) is 6.07 Å². The summed E-state index contributed by atoms with van der Waals surface area (Å²) in [5.41, 5.74) is 2.82. The standard InChI is InChI=1S/C15H13BrN2O5/c1-23-14-6-12(16)9(4-13(14)21)7-17-18-15(22)8-2-10(19)5-11(20)3-8/h2-7,19-21H,1H3,(H,18,22)/b17-7+. The minimum Gasteiger partial charge on any atom is -0.508 e. The monoisotopic (exact) mass is 380 g/mol. The molecule has 4 N–H and O–H groups in total. The van der Waals surface area contributed by atoms with Gasteiger partial charge < -0.3 is 20.1 Å². The fourth-order valence-electron chi connectivity index (χ4n) is 1.77. The number of carbonyl (C=O) groups is 1. The van der Waals surface area contributed by atoms with Gasteiger partial charge in [0.2, 0.25) is 0 Å². The average Bonchev–Trinajstić information content (AvgIpc) is 2.49. The first-order chi connectivity index (χ1) is 10.9. The molecule has 1 amide bonds. The van der Waals surface area contributed by atoms with Crippen molar-refractivity contribution < 1.29 is 24.9 Å². The Kier molecular flexibility index (Phi) is 5.07. The maximum absolute atomic E-state index is 11.9. The molecule has 120 valence electrons. The topological polar surface area (TPSA) is 111 Å². The lowest BCUT2D eigenvalue weighted by Gasteiger charge is -2.06. The van der Waals surface area contributed by atoms with Gasteiger partial charge in [0.25, 0.3) is 5.91 Å². The third-order valence-corrected chi connectivity index (χ3v) is 3.52. The van der Waals surface area contributed by atoms with Crippen molar-refractivity contribution in [3.05, 3.63) is 45.9 Å². The van der Waals surface area contributed by atoms with E-state index in [4.69, 9.17) is 4.74 Å². The van der Waals surface area contributed by atoms with Gasteiger partial charge in [0.05, 0.1) is 13.3 Å². The van der Waals surface area contributed by atoms with Gasteiger partial charge in [-0.15, -0.1) is 0 Å². The van der Waals surface area contributed by atoms with Crippen molar-refractivity contribution in [1.82, 2.24) is 5.43 Å². The Bertz CT molecular complexity index is 756. The molecular weight excluding hydrogens is 368 g/mol. The Morgan fingerprint density at radius 2 is 1.83 bits per heavy atom. The van der Waals surface area contributed by atoms with E-state index in [9.17, 15) is 20.1 Å². The van der Waals surface area contributed by atoms with Crippen molar-refractivity contribution in [1.29, 1.82) is 0 Å². The molecule has 0 saturated carbocycles. The molecule has 2 rings (SSSR count). The molecule has 8 heteroatoms. The van der Waals surface area contributed by atoms with Crippen LogP contribution in [0.1, 0.15) is 15.9 Å². The number of methoxy groups -OCH3 is 1. The van der Waals surface area contributed by atoms with Gasteiger partial charge in [-0.3, -0.25) is 4.79 Å². The number of halogens is 1. The fraction of sp³-hybridized carbons (Fsp3) is 0.0667. The molecular formula is C15H13BrN2O5. The Morgan fingerprint density at radius 1 is 1.17 bits per heavy atom. The zero-order valence-corrected chi connectivity index (χ0v) is 13.5. The highest BCUT2D eigenvalue weighted by molar-refractivity contribution is 9.10.